The topological polar surface area (TPSA) is 74.8 Å². The van der Waals surface area contributed by atoms with Crippen LogP contribution >= 0.6 is 11.3 Å². The number of aromatic nitrogens is 4. The number of hydrogen-bond acceptors (Lipinski definition) is 5. The molecule has 1 aromatic carbocycles. The first kappa shape index (κ1) is 11.5. The highest BCUT2D eigenvalue weighted by atomic mass is 32.1. The van der Waals surface area contributed by atoms with Crippen LogP contribution in [0.2, 0.25) is 0 Å². The van der Waals surface area contributed by atoms with Crippen molar-refractivity contribution in [2.75, 3.05) is 4.90 Å². The number of rotatable bonds is 3. The molecule has 0 radical (unpaired) electrons. The number of nitrogens with zero attached hydrogens (tertiary/aromatic N) is 4. The summed E-state index contributed by atoms with van der Waals surface area (Å²) in [5.74, 6) is 0.665. The van der Waals surface area contributed by atoms with E-state index in [2.05, 4.69) is 20.2 Å². The highest BCUT2D eigenvalue weighted by Gasteiger charge is 2.23. The van der Waals surface area contributed by atoms with Gasteiger partial charge in [0.1, 0.15) is 6.33 Å². The maximum absolute atomic E-state index is 12.5. The molecular weight excluding hydrogens is 262 g/mol. The van der Waals surface area contributed by atoms with Gasteiger partial charge in [-0.15, -0.1) is 11.3 Å². The van der Waals surface area contributed by atoms with Crippen LogP contribution in [0.3, 0.4) is 0 Å². The number of hydrogen-bond donors (Lipinski definition) is 1. The Morgan fingerprint density at radius 3 is 2.68 bits per heavy atom. The number of benzene rings is 1. The Bertz CT molecular complexity index is 617. The van der Waals surface area contributed by atoms with Gasteiger partial charge < -0.3 is 0 Å². The molecule has 0 bridgehead atoms. The molecule has 2 aromatic heterocycles. The van der Waals surface area contributed by atoms with Gasteiger partial charge in [0.2, 0.25) is 5.95 Å². The van der Waals surface area contributed by atoms with Crippen molar-refractivity contribution in [1.29, 1.82) is 0 Å². The minimum Gasteiger partial charge on any atom is -0.268 e. The first-order chi connectivity index (χ1) is 9.36. The molecule has 0 saturated heterocycles. The van der Waals surface area contributed by atoms with Gasteiger partial charge in [-0.1, -0.05) is 18.2 Å². The summed E-state index contributed by atoms with van der Waals surface area (Å²) in [5, 5.41) is 8.24. The van der Waals surface area contributed by atoms with E-state index in [1.165, 1.54) is 22.6 Å². The second kappa shape index (κ2) is 4.99. The fourth-order valence-corrected chi connectivity index (χ4v) is 2.16. The molecule has 6 nitrogen and oxygen atoms in total. The average Bonchev–Trinajstić information content (AvgIpc) is 3.13. The summed E-state index contributed by atoms with van der Waals surface area (Å²) in [6.07, 6.45) is 1.35. The SMILES string of the molecule is O=C(c1ccccc1)N(c1cscn1)c1ncn[nH]1. The van der Waals surface area contributed by atoms with Crippen LogP contribution in [0, 0.1) is 0 Å². The number of carbonyl (C=O) groups excluding carboxylic acids is 1. The third-order valence-corrected chi connectivity index (χ3v) is 3.06. The predicted molar refractivity (Wildman–Crippen MR) is 71.4 cm³/mol. The van der Waals surface area contributed by atoms with Crippen LogP contribution in [0.1, 0.15) is 10.4 Å². The average molecular weight is 271 g/mol. The van der Waals surface area contributed by atoms with Gasteiger partial charge in [-0.3, -0.25) is 4.79 Å². The van der Waals surface area contributed by atoms with Crippen LogP contribution in [-0.2, 0) is 0 Å². The lowest BCUT2D eigenvalue weighted by Crippen LogP contribution is -2.27. The van der Waals surface area contributed by atoms with Gasteiger partial charge >= 0.3 is 0 Å². The van der Waals surface area contributed by atoms with E-state index in [9.17, 15) is 4.79 Å². The minimum absolute atomic E-state index is 0.205. The first-order valence-corrected chi connectivity index (χ1v) is 6.43. The molecule has 3 aromatic rings. The molecule has 0 fully saturated rings. The summed E-state index contributed by atoms with van der Waals surface area (Å²) in [6, 6.07) is 8.98. The number of amides is 1. The summed E-state index contributed by atoms with van der Waals surface area (Å²) >= 11 is 1.41. The Morgan fingerprint density at radius 1 is 1.21 bits per heavy atom. The molecule has 94 valence electrons. The lowest BCUT2D eigenvalue weighted by molar-refractivity contribution is 0.0997. The molecule has 2 heterocycles. The van der Waals surface area contributed by atoms with Crippen LogP contribution < -0.4 is 4.90 Å². The van der Waals surface area contributed by atoms with Crippen molar-refractivity contribution in [1.82, 2.24) is 20.2 Å². The summed E-state index contributed by atoms with van der Waals surface area (Å²) in [4.78, 5) is 22.1. The zero-order chi connectivity index (χ0) is 13.1. The fourth-order valence-electron chi connectivity index (χ4n) is 1.64. The van der Waals surface area contributed by atoms with Gasteiger partial charge in [-0.2, -0.15) is 10.1 Å². The molecular formula is C12H9N5OS. The Labute approximate surface area is 112 Å². The van der Waals surface area contributed by atoms with Crippen molar-refractivity contribution in [2.24, 2.45) is 0 Å². The standard InChI is InChI=1S/C12H9N5OS/c18-11(9-4-2-1-3-5-9)17(10-6-19-8-14-10)12-13-7-15-16-12/h1-8H,(H,13,15,16). The Balaban J connectivity index is 2.03. The van der Waals surface area contributed by atoms with Gasteiger partial charge in [0.15, 0.2) is 5.82 Å². The highest BCUT2D eigenvalue weighted by molar-refractivity contribution is 7.07. The van der Waals surface area contributed by atoms with Crippen molar-refractivity contribution < 1.29 is 4.79 Å². The van der Waals surface area contributed by atoms with E-state index < -0.39 is 0 Å². The molecule has 3 rings (SSSR count). The van der Waals surface area contributed by atoms with Gasteiger partial charge in [0.25, 0.3) is 5.91 Å². The summed E-state index contributed by atoms with van der Waals surface area (Å²) in [6.45, 7) is 0. The Kier molecular flexibility index (Phi) is 3.03. The first-order valence-electron chi connectivity index (χ1n) is 5.49. The molecule has 0 aliphatic rings. The van der Waals surface area contributed by atoms with Crippen LogP contribution in [0.4, 0.5) is 11.8 Å². The number of aromatic amines is 1. The second-order valence-electron chi connectivity index (χ2n) is 3.66. The Morgan fingerprint density at radius 2 is 2.05 bits per heavy atom. The van der Waals surface area contributed by atoms with E-state index in [4.69, 9.17) is 0 Å². The van der Waals surface area contributed by atoms with E-state index in [0.29, 0.717) is 17.3 Å². The van der Waals surface area contributed by atoms with E-state index in [-0.39, 0.29) is 5.91 Å². The quantitative estimate of drug-likeness (QED) is 0.792. The molecule has 1 amide bonds. The number of carbonyl (C=O) groups is 1. The summed E-state index contributed by atoms with van der Waals surface area (Å²) in [7, 11) is 0. The van der Waals surface area contributed by atoms with Crippen LogP contribution in [0.15, 0.2) is 47.5 Å². The molecule has 0 atom stereocenters. The van der Waals surface area contributed by atoms with E-state index >= 15 is 0 Å². The summed E-state index contributed by atoms with van der Waals surface area (Å²) < 4.78 is 0. The molecule has 7 heteroatoms. The van der Waals surface area contributed by atoms with Crippen molar-refractivity contribution in [3.63, 3.8) is 0 Å². The van der Waals surface area contributed by atoms with Crippen molar-refractivity contribution >= 4 is 29.0 Å². The predicted octanol–water partition coefficient (Wildman–Crippen LogP) is 2.24. The largest absolute Gasteiger partial charge is 0.268 e. The maximum atomic E-state index is 12.5. The third kappa shape index (κ3) is 2.23. The fraction of sp³-hybridized carbons (Fsp3) is 0. The summed E-state index contributed by atoms with van der Waals surface area (Å²) in [5.41, 5.74) is 2.23. The number of thiazole rings is 1. The van der Waals surface area contributed by atoms with Gasteiger partial charge in [0.05, 0.1) is 5.51 Å². The zero-order valence-electron chi connectivity index (χ0n) is 9.72. The lowest BCUT2D eigenvalue weighted by Gasteiger charge is -2.16. The van der Waals surface area contributed by atoms with E-state index in [0.717, 1.165) is 0 Å². The molecule has 0 spiro atoms. The van der Waals surface area contributed by atoms with E-state index in [1.807, 2.05) is 18.2 Å². The minimum atomic E-state index is -0.205. The lowest BCUT2D eigenvalue weighted by atomic mass is 10.2. The monoisotopic (exact) mass is 271 g/mol. The number of nitrogens with one attached hydrogen (secondary N) is 1. The molecule has 19 heavy (non-hydrogen) atoms. The van der Waals surface area contributed by atoms with Gasteiger partial charge in [-0.05, 0) is 12.1 Å². The molecule has 0 unspecified atom stereocenters. The van der Waals surface area contributed by atoms with Gasteiger partial charge in [0, 0.05) is 10.9 Å². The third-order valence-electron chi connectivity index (χ3n) is 2.49. The smallest absolute Gasteiger partial charge is 0.266 e. The zero-order valence-corrected chi connectivity index (χ0v) is 10.5. The molecule has 0 aliphatic carbocycles. The second-order valence-corrected chi connectivity index (χ2v) is 4.38. The number of anilines is 2. The molecule has 0 aliphatic heterocycles. The maximum Gasteiger partial charge on any atom is 0.266 e. The molecule has 0 saturated carbocycles. The van der Waals surface area contributed by atoms with Crippen molar-refractivity contribution in [3.05, 3.63) is 53.1 Å². The molecule has 1 N–H and O–H groups in total. The number of H-pyrrole nitrogens is 1. The van der Waals surface area contributed by atoms with Crippen LogP contribution in [-0.4, -0.2) is 26.1 Å². The van der Waals surface area contributed by atoms with Gasteiger partial charge in [-0.25, -0.2) is 15.0 Å². The van der Waals surface area contributed by atoms with E-state index in [1.54, 1.807) is 23.0 Å². The van der Waals surface area contributed by atoms with Crippen molar-refractivity contribution in [2.45, 2.75) is 0 Å². The Hall–Kier alpha value is -2.54. The van der Waals surface area contributed by atoms with Crippen LogP contribution in [0.5, 0.6) is 0 Å². The highest BCUT2D eigenvalue weighted by Crippen LogP contribution is 2.23. The van der Waals surface area contributed by atoms with Crippen molar-refractivity contribution in [3.8, 4) is 0 Å². The normalized spacial score (nSPS) is 10.3. The van der Waals surface area contributed by atoms with Crippen LogP contribution in [0.25, 0.3) is 0 Å².